The zero-order valence-electron chi connectivity index (χ0n) is 7.62. The van der Waals surface area contributed by atoms with E-state index in [1.807, 2.05) is 26.0 Å². The van der Waals surface area contributed by atoms with Gasteiger partial charge in [-0.25, -0.2) is 0 Å². The molecule has 0 aliphatic carbocycles. The summed E-state index contributed by atoms with van der Waals surface area (Å²) in [5, 5.41) is 16.7. The molecular formula is C10H14N2. The molecule has 0 aromatic carbocycles. The molecule has 64 valence electrons. The second kappa shape index (κ2) is 6.43. The lowest BCUT2D eigenvalue weighted by molar-refractivity contribution is 0.708. The number of hydrogen-bond acceptors (Lipinski definition) is 2. The van der Waals surface area contributed by atoms with Gasteiger partial charge in [0.05, 0.1) is 12.1 Å². The summed E-state index contributed by atoms with van der Waals surface area (Å²) in [6, 6.07) is 4.21. The highest BCUT2D eigenvalue weighted by Gasteiger charge is 1.97. The lowest BCUT2D eigenvalue weighted by Gasteiger charge is -2.01. The fourth-order valence-corrected chi connectivity index (χ4v) is 0.803. The highest BCUT2D eigenvalue weighted by atomic mass is 14.2. The molecule has 2 nitrogen and oxygen atoms in total. The Kier molecular flexibility index (Phi) is 5.75. The first-order chi connectivity index (χ1) is 5.70. The Morgan fingerprint density at radius 3 is 1.58 bits per heavy atom. The molecule has 0 spiro atoms. The molecule has 0 heterocycles. The first-order valence-electron chi connectivity index (χ1n) is 4.13. The van der Waals surface area contributed by atoms with Crippen molar-refractivity contribution in [3.05, 3.63) is 12.2 Å². The van der Waals surface area contributed by atoms with Crippen LogP contribution in [0.2, 0.25) is 0 Å². The van der Waals surface area contributed by atoms with E-state index in [9.17, 15) is 0 Å². The molecule has 0 amide bonds. The summed E-state index contributed by atoms with van der Waals surface area (Å²) < 4.78 is 0. The maximum atomic E-state index is 8.37. The van der Waals surface area contributed by atoms with Gasteiger partial charge in [0.15, 0.2) is 0 Å². The maximum Gasteiger partial charge on any atom is 0.0627 e. The van der Waals surface area contributed by atoms with Crippen LogP contribution >= 0.6 is 0 Å². The van der Waals surface area contributed by atoms with Crippen molar-refractivity contribution >= 4 is 0 Å². The average Bonchev–Trinajstić information content (AvgIpc) is 2.02. The van der Waals surface area contributed by atoms with Crippen LogP contribution in [0, 0.1) is 34.5 Å². The number of nitrogens with zero attached hydrogens (tertiary/aromatic N) is 2. The molecule has 2 atom stereocenters. The van der Waals surface area contributed by atoms with Crippen molar-refractivity contribution in [2.45, 2.75) is 26.7 Å². The number of allylic oxidation sites excluding steroid dienone is 2. The van der Waals surface area contributed by atoms with Gasteiger partial charge in [-0.2, -0.15) is 10.5 Å². The fourth-order valence-electron chi connectivity index (χ4n) is 0.803. The van der Waals surface area contributed by atoms with Gasteiger partial charge in [-0.05, 0) is 11.8 Å². The fraction of sp³-hybridized carbons (Fsp3) is 0.600. The Balaban J connectivity index is 3.75. The molecular weight excluding hydrogens is 148 g/mol. The molecule has 0 aliphatic rings. The Morgan fingerprint density at radius 2 is 1.33 bits per heavy atom. The standard InChI is InChI=1S/C10H14N2/c1-9(5-7-11)3-4-10(2)6-8-12/h3-4,9-10H,5-6H2,1-2H3/b4-3+. The second-order valence-electron chi connectivity index (χ2n) is 3.06. The lowest BCUT2D eigenvalue weighted by atomic mass is 10.0. The minimum absolute atomic E-state index is 0.302. The van der Waals surface area contributed by atoms with Crippen LogP contribution < -0.4 is 0 Å². The van der Waals surface area contributed by atoms with Crippen molar-refractivity contribution in [1.82, 2.24) is 0 Å². The average molecular weight is 162 g/mol. The van der Waals surface area contributed by atoms with Crippen LogP contribution in [0.25, 0.3) is 0 Å². The molecule has 0 rings (SSSR count). The minimum atomic E-state index is 0.302. The van der Waals surface area contributed by atoms with Gasteiger partial charge in [0.2, 0.25) is 0 Å². The van der Waals surface area contributed by atoms with E-state index >= 15 is 0 Å². The number of nitriles is 2. The number of rotatable bonds is 4. The predicted octanol–water partition coefficient (Wildman–Crippen LogP) is 2.64. The first kappa shape index (κ1) is 10.7. The van der Waals surface area contributed by atoms with E-state index < -0.39 is 0 Å². The topological polar surface area (TPSA) is 47.6 Å². The highest BCUT2D eigenvalue weighted by Crippen LogP contribution is 2.07. The molecule has 0 saturated carbocycles. The SMILES string of the molecule is CC(/C=C/C(C)CC#N)CC#N. The van der Waals surface area contributed by atoms with E-state index in [2.05, 4.69) is 12.1 Å². The van der Waals surface area contributed by atoms with Gasteiger partial charge < -0.3 is 0 Å². The summed E-state index contributed by atoms with van der Waals surface area (Å²) in [6.07, 6.45) is 5.11. The zero-order valence-corrected chi connectivity index (χ0v) is 7.62. The monoisotopic (exact) mass is 162 g/mol. The third kappa shape index (κ3) is 5.50. The quantitative estimate of drug-likeness (QED) is 0.596. The van der Waals surface area contributed by atoms with Crippen molar-refractivity contribution in [2.24, 2.45) is 11.8 Å². The molecule has 0 fully saturated rings. The van der Waals surface area contributed by atoms with Gasteiger partial charge in [-0.1, -0.05) is 26.0 Å². The van der Waals surface area contributed by atoms with Crippen molar-refractivity contribution < 1.29 is 0 Å². The van der Waals surface area contributed by atoms with Gasteiger partial charge >= 0.3 is 0 Å². The largest absolute Gasteiger partial charge is 0.198 e. The summed E-state index contributed by atoms with van der Waals surface area (Å²) in [6.45, 7) is 4.00. The molecule has 0 radical (unpaired) electrons. The van der Waals surface area contributed by atoms with E-state index in [0.29, 0.717) is 24.7 Å². The first-order valence-corrected chi connectivity index (χ1v) is 4.13. The maximum absolute atomic E-state index is 8.37. The van der Waals surface area contributed by atoms with Gasteiger partial charge in [0.25, 0.3) is 0 Å². The van der Waals surface area contributed by atoms with E-state index in [1.165, 1.54) is 0 Å². The summed E-state index contributed by atoms with van der Waals surface area (Å²) >= 11 is 0. The Hall–Kier alpha value is -1.28. The van der Waals surface area contributed by atoms with Crippen molar-refractivity contribution in [3.63, 3.8) is 0 Å². The number of hydrogen-bond donors (Lipinski definition) is 0. The van der Waals surface area contributed by atoms with Gasteiger partial charge in [-0.15, -0.1) is 0 Å². The molecule has 12 heavy (non-hydrogen) atoms. The van der Waals surface area contributed by atoms with E-state index in [1.54, 1.807) is 0 Å². The Labute approximate surface area is 74.1 Å². The van der Waals surface area contributed by atoms with Crippen molar-refractivity contribution in [2.75, 3.05) is 0 Å². The molecule has 0 N–H and O–H groups in total. The van der Waals surface area contributed by atoms with Crippen LogP contribution in [0.3, 0.4) is 0 Å². The van der Waals surface area contributed by atoms with Gasteiger partial charge in [0.1, 0.15) is 0 Å². The normalized spacial score (nSPS) is 15.0. The van der Waals surface area contributed by atoms with Gasteiger partial charge in [0, 0.05) is 12.8 Å². The Morgan fingerprint density at radius 1 is 1.00 bits per heavy atom. The van der Waals surface area contributed by atoms with Crippen molar-refractivity contribution in [3.8, 4) is 12.1 Å². The van der Waals surface area contributed by atoms with E-state index in [0.717, 1.165) is 0 Å². The smallest absolute Gasteiger partial charge is 0.0627 e. The van der Waals surface area contributed by atoms with E-state index in [4.69, 9.17) is 10.5 Å². The second-order valence-corrected chi connectivity index (χ2v) is 3.06. The predicted molar refractivity (Wildman–Crippen MR) is 47.9 cm³/mol. The highest BCUT2D eigenvalue weighted by molar-refractivity contribution is 4.95. The summed E-state index contributed by atoms with van der Waals surface area (Å²) in [4.78, 5) is 0. The third-order valence-corrected chi connectivity index (χ3v) is 1.59. The van der Waals surface area contributed by atoms with Crippen LogP contribution in [0.15, 0.2) is 12.2 Å². The summed E-state index contributed by atoms with van der Waals surface area (Å²) in [7, 11) is 0. The minimum Gasteiger partial charge on any atom is -0.198 e. The third-order valence-electron chi connectivity index (χ3n) is 1.59. The molecule has 0 aliphatic heterocycles. The molecule has 0 aromatic heterocycles. The molecule has 2 unspecified atom stereocenters. The van der Waals surface area contributed by atoms with Crippen LogP contribution in [0.1, 0.15) is 26.7 Å². The molecule has 0 aromatic rings. The van der Waals surface area contributed by atoms with Crippen LogP contribution in [-0.4, -0.2) is 0 Å². The zero-order chi connectivity index (χ0) is 9.40. The van der Waals surface area contributed by atoms with Crippen LogP contribution in [0.4, 0.5) is 0 Å². The van der Waals surface area contributed by atoms with E-state index in [-0.39, 0.29) is 0 Å². The Bertz CT molecular complexity index is 193. The molecule has 0 bridgehead atoms. The lowest BCUT2D eigenvalue weighted by Crippen LogP contribution is -1.90. The molecule has 2 heteroatoms. The summed E-state index contributed by atoms with van der Waals surface area (Å²) in [5.41, 5.74) is 0. The van der Waals surface area contributed by atoms with Crippen LogP contribution in [-0.2, 0) is 0 Å². The van der Waals surface area contributed by atoms with Crippen LogP contribution in [0.5, 0.6) is 0 Å². The van der Waals surface area contributed by atoms with Gasteiger partial charge in [-0.3, -0.25) is 0 Å². The molecule has 0 saturated heterocycles. The summed E-state index contributed by atoms with van der Waals surface area (Å²) in [5.74, 6) is 0.604. The van der Waals surface area contributed by atoms with Crippen molar-refractivity contribution in [1.29, 1.82) is 10.5 Å².